The van der Waals surface area contributed by atoms with E-state index in [-0.39, 0.29) is 5.82 Å². The molecule has 0 bridgehead atoms. The van der Waals surface area contributed by atoms with Crippen LogP contribution in [0.15, 0.2) is 34.9 Å². The van der Waals surface area contributed by atoms with Crippen molar-refractivity contribution in [2.75, 3.05) is 5.88 Å². The van der Waals surface area contributed by atoms with E-state index in [4.69, 9.17) is 11.6 Å². The van der Waals surface area contributed by atoms with Gasteiger partial charge in [-0.05, 0) is 52.7 Å². The van der Waals surface area contributed by atoms with Gasteiger partial charge in [0.1, 0.15) is 17.2 Å². The fraction of sp³-hybridized carbons (Fsp3) is 0.200. The second-order valence-corrected chi connectivity index (χ2v) is 6.02. The van der Waals surface area contributed by atoms with Gasteiger partial charge in [0, 0.05) is 23.0 Å². The van der Waals surface area contributed by atoms with Crippen LogP contribution in [0.2, 0.25) is 0 Å². The van der Waals surface area contributed by atoms with Gasteiger partial charge in [-0.3, -0.25) is 4.57 Å². The second-order valence-electron chi connectivity index (χ2n) is 4.73. The van der Waals surface area contributed by atoms with Crippen LogP contribution in [0.1, 0.15) is 11.4 Å². The number of pyridine rings is 1. The summed E-state index contributed by atoms with van der Waals surface area (Å²) in [7, 11) is 0. The Labute approximate surface area is 134 Å². The molecule has 0 fully saturated rings. The van der Waals surface area contributed by atoms with Crippen LogP contribution in [0, 0.1) is 12.7 Å². The summed E-state index contributed by atoms with van der Waals surface area (Å²) in [6.45, 7) is 1.87. The molecule has 0 radical (unpaired) electrons. The number of halogens is 3. The van der Waals surface area contributed by atoms with Gasteiger partial charge < -0.3 is 0 Å². The summed E-state index contributed by atoms with van der Waals surface area (Å²) >= 11 is 9.27. The Hall–Kier alpha value is -1.46. The van der Waals surface area contributed by atoms with Gasteiger partial charge in [0.25, 0.3) is 0 Å². The third-order valence-electron chi connectivity index (χ3n) is 3.25. The van der Waals surface area contributed by atoms with Gasteiger partial charge in [0.05, 0.1) is 5.69 Å². The first kappa shape index (κ1) is 14.5. The van der Waals surface area contributed by atoms with Crippen LogP contribution < -0.4 is 0 Å². The van der Waals surface area contributed by atoms with Gasteiger partial charge in [-0.2, -0.15) is 0 Å². The third-order valence-corrected chi connectivity index (χ3v) is 3.87. The van der Waals surface area contributed by atoms with E-state index in [1.54, 1.807) is 12.3 Å². The lowest BCUT2D eigenvalue weighted by atomic mass is 10.2. The number of alkyl halides is 1. The topological polar surface area (TPSA) is 30.7 Å². The van der Waals surface area contributed by atoms with Gasteiger partial charge in [0.15, 0.2) is 5.65 Å². The highest BCUT2D eigenvalue weighted by Crippen LogP contribution is 2.25. The lowest BCUT2D eigenvalue weighted by molar-refractivity contribution is 0.626. The minimum Gasteiger partial charge on any atom is -0.280 e. The van der Waals surface area contributed by atoms with Crippen LogP contribution in [-0.4, -0.2) is 20.4 Å². The summed E-state index contributed by atoms with van der Waals surface area (Å²) in [6.07, 6.45) is 2.34. The van der Waals surface area contributed by atoms with Crippen molar-refractivity contribution in [2.45, 2.75) is 13.3 Å². The molecule has 0 saturated heterocycles. The van der Waals surface area contributed by atoms with E-state index in [0.717, 1.165) is 32.7 Å². The van der Waals surface area contributed by atoms with Crippen LogP contribution in [0.3, 0.4) is 0 Å². The Morgan fingerprint density at radius 3 is 2.86 bits per heavy atom. The highest BCUT2D eigenvalue weighted by Gasteiger charge is 2.15. The van der Waals surface area contributed by atoms with Crippen LogP contribution in [0.25, 0.3) is 16.9 Å². The van der Waals surface area contributed by atoms with E-state index >= 15 is 0 Å². The van der Waals surface area contributed by atoms with Crippen molar-refractivity contribution < 1.29 is 4.39 Å². The smallest absolute Gasteiger partial charge is 0.164 e. The van der Waals surface area contributed by atoms with Crippen LogP contribution >= 0.6 is 27.5 Å². The van der Waals surface area contributed by atoms with Gasteiger partial charge in [-0.15, -0.1) is 11.6 Å². The molecule has 1 aromatic carbocycles. The fourth-order valence-electron chi connectivity index (χ4n) is 2.36. The quantitative estimate of drug-likeness (QED) is 0.641. The van der Waals surface area contributed by atoms with Crippen LogP contribution in [0.5, 0.6) is 0 Å². The number of imidazole rings is 1. The lowest BCUT2D eigenvalue weighted by Crippen LogP contribution is -2.05. The number of benzene rings is 1. The fourth-order valence-corrected chi connectivity index (χ4v) is 2.85. The van der Waals surface area contributed by atoms with Crippen LogP contribution in [0.4, 0.5) is 4.39 Å². The molecule has 0 amide bonds. The molecule has 0 N–H and O–H groups in total. The van der Waals surface area contributed by atoms with Gasteiger partial charge in [-0.25, -0.2) is 14.4 Å². The zero-order valence-electron chi connectivity index (χ0n) is 11.3. The molecule has 6 heteroatoms. The van der Waals surface area contributed by atoms with Crippen molar-refractivity contribution in [2.24, 2.45) is 0 Å². The second kappa shape index (κ2) is 5.73. The Kier molecular flexibility index (Phi) is 3.95. The Morgan fingerprint density at radius 1 is 1.33 bits per heavy atom. The molecule has 0 aliphatic carbocycles. The zero-order chi connectivity index (χ0) is 15.0. The molecule has 0 saturated carbocycles. The number of aryl methyl sites for hydroxylation is 2. The molecule has 2 heterocycles. The molecule has 3 nitrogen and oxygen atoms in total. The molecule has 3 aromatic rings. The Balaban J connectivity index is 2.30. The molecule has 0 aliphatic rings. The van der Waals surface area contributed by atoms with E-state index in [0.29, 0.717) is 12.3 Å². The molecule has 0 unspecified atom stereocenters. The average molecular weight is 369 g/mol. The predicted octanol–water partition coefficient (Wildman–Crippen LogP) is 4.41. The molecule has 108 valence electrons. The highest BCUT2D eigenvalue weighted by atomic mass is 79.9. The van der Waals surface area contributed by atoms with Crippen molar-refractivity contribution in [3.05, 3.63) is 52.1 Å². The molecule has 0 aliphatic heterocycles. The minimum absolute atomic E-state index is 0.254. The standard InChI is InChI=1S/C15H12BrClFN3/c1-9-6-11(18)2-3-13(9)21-14(4-5-17)20-12-7-10(16)8-19-15(12)21/h2-3,6-8H,4-5H2,1H3. The van der Waals surface area contributed by atoms with E-state index in [9.17, 15) is 4.39 Å². The van der Waals surface area contributed by atoms with Crippen LogP contribution in [-0.2, 0) is 6.42 Å². The average Bonchev–Trinajstić information content (AvgIpc) is 2.76. The molecule has 0 spiro atoms. The first-order valence-corrected chi connectivity index (χ1v) is 7.78. The minimum atomic E-state index is -0.254. The number of rotatable bonds is 3. The van der Waals surface area contributed by atoms with Gasteiger partial charge in [-0.1, -0.05) is 0 Å². The summed E-state index contributed by atoms with van der Waals surface area (Å²) < 4.78 is 16.1. The Morgan fingerprint density at radius 2 is 2.14 bits per heavy atom. The van der Waals surface area contributed by atoms with Crippen molar-refractivity contribution in [3.63, 3.8) is 0 Å². The number of hydrogen-bond donors (Lipinski definition) is 0. The first-order valence-electron chi connectivity index (χ1n) is 6.45. The summed E-state index contributed by atoms with van der Waals surface area (Å²) in [4.78, 5) is 9.04. The lowest BCUT2D eigenvalue weighted by Gasteiger charge is -2.11. The molecule has 2 aromatic heterocycles. The highest BCUT2D eigenvalue weighted by molar-refractivity contribution is 9.10. The maximum Gasteiger partial charge on any atom is 0.164 e. The number of hydrogen-bond acceptors (Lipinski definition) is 2. The molecular formula is C15H12BrClFN3. The largest absolute Gasteiger partial charge is 0.280 e. The monoisotopic (exact) mass is 367 g/mol. The zero-order valence-corrected chi connectivity index (χ0v) is 13.6. The number of fused-ring (bicyclic) bond motifs is 1. The maximum atomic E-state index is 13.3. The van der Waals surface area contributed by atoms with Crippen molar-refractivity contribution in [3.8, 4) is 5.69 Å². The van der Waals surface area contributed by atoms with E-state index in [1.165, 1.54) is 12.1 Å². The summed E-state index contributed by atoms with van der Waals surface area (Å²) in [5.74, 6) is 1.03. The van der Waals surface area contributed by atoms with Gasteiger partial charge in [0.2, 0.25) is 0 Å². The molecule has 21 heavy (non-hydrogen) atoms. The number of nitrogens with zero attached hydrogens (tertiary/aromatic N) is 3. The summed E-state index contributed by atoms with van der Waals surface area (Å²) in [5.41, 5.74) is 3.23. The summed E-state index contributed by atoms with van der Waals surface area (Å²) in [6, 6.07) is 6.60. The maximum absolute atomic E-state index is 13.3. The summed E-state index contributed by atoms with van der Waals surface area (Å²) in [5, 5.41) is 0. The normalized spacial score (nSPS) is 11.2. The first-order chi connectivity index (χ1) is 10.1. The predicted molar refractivity (Wildman–Crippen MR) is 85.7 cm³/mol. The third kappa shape index (κ3) is 2.68. The Bertz CT molecular complexity index is 816. The van der Waals surface area contributed by atoms with E-state index in [1.807, 2.05) is 17.6 Å². The van der Waals surface area contributed by atoms with E-state index in [2.05, 4.69) is 25.9 Å². The molecule has 0 atom stereocenters. The van der Waals surface area contributed by atoms with Crippen molar-refractivity contribution in [1.82, 2.24) is 14.5 Å². The van der Waals surface area contributed by atoms with E-state index < -0.39 is 0 Å². The van der Waals surface area contributed by atoms with Crippen molar-refractivity contribution >= 4 is 38.7 Å². The molecular weight excluding hydrogens is 357 g/mol. The van der Waals surface area contributed by atoms with Crippen molar-refractivity contribution in [1.29, 1.82) is 0 Å². The van der Waals surface area contributed by atoms with Gasteiger partial charge >= 0.3 is 0 Å². The SMILES string of the molecule is Cc1cc(F)ccc1-n1c(CCCl)nc2cc(Br)cnc21. The molecule has 3 rings (SSSR count). The number of aromatic nitrogens is 3.